The predicted octanol–water partition coefficient (Wildman–Crippen LogP) is 16.1. The van der Waals surface area contributed by atoms with Crippen LogP contribution in [-0.2, 0) is 5.41 Å². The van der Waals surface area contributed by atoms with Gasteiger partial charge in [0.1, 0.15) is 0 Å². The van der Waals surface area contributed by atoms with E-state index in [1.165, 1.54) is 77.1 Å². The van der Waals surface area contributed by atoms with E-state index in [0.717, 1.165) is 22.7 Å². The number of nitrogens with zero attached hydrogens (tertiary/aromatic N) is 2. The fourth-order valence-corrected chi connectivity index (χ4v) is 9.44. The van der Waals surface area contributed by atoms with Gasteiger partial charge < -0.3 is 9.80 Å². The monoisotopic (exact) mass is 754 g/mol. The van der Waals surface area contributed by atoms with Gasteiger partial charge in [0.2, 0.25) is 0 Å². The summed E-state index contributed by atoms with van der Waals surface area (Å²) in [7, 11) is 0. The van der Waals surface area contributed by atoms with Crippen molar-refractivity contribution in [3.05, 3.63) is 230 Å². The number of benzene rings is 10. The first kappa shape index (κ1) is 34.8. The van der Waals surface area contributed by atoms with Crippen LogP contribution in [0.25, 0.3) is 54.6 Å². The number of para-hydroxylation sites is 1. The van der Waals surface area contributed by atoms with Crippen LogP contribution in [0.2, 0.25) is 0 Å². The summed E-state index contributed by atoms with van der Waals surface area (Å²) in [5.41, 5.74) is 14.0. The van der Waals surface area contributed by atoms with Gasteiger partial charge in [0.25, 0.3) is 0 Å². The zero-order valence-corrected chi connectivity index (χ0v) is 33.2. The highest BCUT2D eigenvalue weighted by Gasteiger charge is 2.39. The molecule has 1 heterocycles. The van der Waals surface area contributed by atoms with Crippen LogP contribution in [0.3, 0.4) is 0 Å². The lowest BCUT2D eigenvalue weighted by molar-refractivity contribution is 0.632. The first-order valence-electron chi connectivity index (χ1n) is 20.5. The summed E-state index contributed by atoms with van der Waals surface area (Å²) in [5, 5.41) is 7.30. The molecule has 10 aromatic carbocycles. The maximum Gasteiger partial charge on any atom is 0.0781 e. The molecule has 0 bridgehead atoms. The van der Waals surface area contributed by atoms with Crippen molar-refractivity contribution in [3.63, 3.8) is 0 Å². The Morgan fingerprint density at radius 3 is 1.76 bits per heavy atom. The molecule has 10 aromatic rings. The van der Waals surface area contributed by atoms with E-state index in [9.17, 15) is 0 Å². The van der Waals surface area contributed by atoms with Crippen LogP contribution in [0.1, 0.15) is 25.0 Å². The van der Waals surface area contributed by atoms with Crippen molar-refractivity contribution in [2.45, 2.75) is 19.3 Å². The second kappa shape index (κ2) is 13.9. The maximum atomic E-state index is 2.56. The maximum absolute atomic E-state index is 2.56. The summed E-state index contributed by atoms with van der Waals surface area (Å²) in [6.45, 7) is 4.75. The standard InChI is InChI=1S/C57H42N2/c1-57(2)51-25-12-13-26-53(51)59(55-38-45(30-35-52(55)57)49-24-14-21-42-18-8-10-22-48(42)49)56-50-23-11-9-19-43(50)31-36-54(56)58(47-34-29-40-17-6-7-20-44(40)37-47)46-32-27-41(28-33-46)39-15-4-3-5-16-39/h3-38H,1-2H3. The Morgan fingerprint density at radius 1 is 0.373 bits per heavy atom. The molecule has 0 aliphatic carbocycles. The molecule has 0 aromatic heterocycles. The van der Waals surface area contributed by atoms with E-state index in [4.69, 9.17) is 0 Å². The topological polar surface area (TPSA) is 6.48 Å². The minimum Gasteiger partial charge on any atom is -0.308 e. The van der Waals surface area contributed by atoms with E-state index >= 15 is 0 Å². The molecular weight excluding hydrogens is 713 g/mol. The Labute approximate surface area is 345 Å². The molecule has 0 unspecified atom stereocenters. The summed E-state index contributed by atoms with van der Waals surface area (Å²) < 4.78 is 0. The van der Waals surface area contributed by atoms with Gasteiger partial charge in [-0.05, 0) is 103 Å². The quantitative estimate of drug-likeness (QED) is 0.167. The fraction of sp³-hybridized carbons (Fsp3) is 0.0526. The second-order valence-electron chi connectivity index (χ2n) is 16.2. The van der Waals surface area contributed by atoms with E-state index in [1.54, 1.807) is 0 Å². The van der Waals surface area contributed by atoms with E-state index < -0.39 is 0 Å². The van der Waals surface area contributed by atoms with Crippen LogP contribution in [0.15, 0.2) is 218 Å². The molecule has 0 saturated heterocycles. The van der Waals surface area contributed by atoms with Crippen molar-refractivity contribution in [2.24, 2.45) is 0 Å². The van der Waals surface area contributed by atoms with Gasteiger partial charge in [-0.1, -0.05) is 190 Å². The van der Waals surface area contributed by atoms with Crippen LogP contribution in [0, 0.1) is 0 Å². The van der Waals surface area contributed by atoms with Gasteiger partial charge in [0.15, 0.2) is 0 Å². The van der Waals surface area contributed by atoms with Crippen LogP contribution in [-0.4, -0.2) is 0 Å². The van der Waals surface area contributed by atoms with Gasteiger partial charge in [-0.25, -0.2) is 0 Å². The lowest BCUT2D eigenvalue weighted by atomic mass is 9.73. The first-order valence-corrected chi connectivity index (χ1v) is 20.5. The highest BCUT2D eigenvalue weighted by atomic mass is 15.2. The average Bonchev–Trinajstić information content (AvgIpc) is 3.30. The lowest BCUT2D eigenvalue weighted by Gasteiger charge is -2.44. The van der Waals surface area contributed by atoms with E-state index in [1.807, 2.05) is 0 Å². The molecule has 1 aliphatic rings. The summed E-state index contributed by atoms with van der Waals surface area (Å²) in [5.74, 6) is 0. The molecule has 0 N–H and O–H groups in total. The Bertz CT molecular complexity index is 3190. The summed E-state index contributed by atoms with van der Waals surface area (Å²) >= 11 is 0. The number of hydrogen-bond donors (Lipinski definition) is 0. The van der Waals surface area contributed by atoms with Gasteiger partial charge in [-0.15, -0.1) is 0 Å². The van der Waals surface area contributed by atoms with E-state index in [2.05, 4.69) is 242 Å². The minimum absolute atomic E-state index is 0.240. The lowest BCUT2D eigenvalue weighted by Crippen LogP contribution is -2.31. The Morgan fingerprint density at radius 2 is 0.949 bits per heavy atom. The fourth-order valence-electron chi connectivity index (χ4n) is 9.44. The molecule has 1 aliphatic heterocycles. The molecule has 0 amide bonds. The zero-order chi connectivity index (χ0) is 39.5. The molecule has 59 heavy (non-hydrogen) atoms. The SMILES string of the molecule is CC1(C)c2ccccc2N(c2c(N(c3ccc(-c4ccccc4)cc3)c3ccc4ccccc4c3)ccc3ccccc23)c2cc(-c3cccc4ccccc34)ccc21. The molecule has 0 radical (unpaired) electrons. The predicted molar refractivity (Wildman–Crippen MR) is 251 cm³/mol. The largest absolute Gasteiger partial charge is 0.308 e. The Hall–Kier alpha value is -7.42. The number of anilines is 6. The summed E-state index contributed by atoms with van der Waals surface area (Å²) in [6.07, 6.45) is 0. The van der Waals surface area contributed by atoms with Crippen molar-refractivity contribution in [3.8, 4) is 22.3 Å². The third kappa shape index (κ3) is 5.79. The molecule has 2 nitrogen and oxygen atoms in total. The molecule has 0 atom stereocenters. The van der Waals surface area contributed by atoms with Crippen molar-refractivity contribution in [1.29, 1.82) is 0 Å². The van der Waals surface area contributed by atoms with Crippen molar-refractivity contribution in [2.75, 3.05) is 9.80 Å². The van der Waals surface area contributed by atoms with Crippen LogP contribution in [0.4, 0.5) is 34.1 Å². The summed E-state index contributed by atoms with van der Waals surface area (Å²) in [6, 6.07) is 80.2. The highest BCUT2D eigenvalue weighted by molar-refractivity contribution is 6.09. The minimum atomic E-state index is -0.240. The first-order chi connectivity index (χ1) is 29.0. The van der Waals surface area contributed by atoms with Gasteiger partial charge in [-0.2, -0.15) is 0 Å². The van der Waals surface area contributed by atoms with Gasteiger partial charge in [0.05, 0.1) is 22.7 Å². The van der Waals surface area contributed by atoms with E-state index in [-0.39, 0.29) is 5.41 Å². The van der Waals surface area contributed by atoms with Crippen molar-refractivity contribution in [1.82, 2.24) is 0 Å². The summed E-state index contributed by atoms with van der Waals surface area (Å²) in [4.78, 5) is 5.02. The van der Waals surface area contributed by atoms with Gasteiger partial charge >= 0.3 is 0 Å². The third-order valence-electron chi connectivity index (χ3n) is 12.4. The number of fused-ring (bicyclic) bond motifs is 5. The molecule has 11 rings (SSSR count). The second-order valence-corrected chi connectivity index (χ2v) is 16.2. The van der Waals surface area contributed by atoms with Gasteiger partial charge in [0, 0.05) is 22.2 Å². The molecule has 280 valence electrons. The molecule has 0 saturated carbocycles. The van der Waals surface area contributed by atoms with Gasteiger partial charge in [-0.3, -0.25) is 0 Å². The highest BCUT2D eigenvalue weighted by Crippen LogP contribution is 2.57. The van der Waals surface area contributed by atoms with Crippen molar-refractivity contribution >= 4 is 66.4 Å². The molecule has 0 fully saturated rings. The molecule has 0 spiro atoms. The Balaban J connectivity index is 1.21. The van der Waals surface area contributed by atoms with Crippen LogP contribution < -0.4 is 9.80 Å². The zero-order valence-electron chi connectivity index (χ0n) is 33.2. The van der Waals surface area contributed by atoms with Crippen LogP contribution >= 0.6 is 0 Å². The average molecular weight is 755 g/mol. The molecular formula is C57H42N2. The Kier molecular flexibility index (Phi) is 8.20. The third-order valence-corrected chi connectivity index (χ3v) is 12.4. The van der Waals surface area contributed by atoms with Crippen LogP contribution in [0.5, 0.6) is 0 Å². The molecule has 2 heteroatoms. The smallest absolute Gasteiger partial charge is 0.0781 e. The van der Waals surface area contributed by atoms with E-state index in [0.29, 0.717) is 0 Å². The number of hydrogen-bond acceptors (Lipinski definition) is 2. The normalized spacial score (nSPS) is 13.0. The van der Waals surface area contributed by atoms with Crippen molar-refractivity contribution < 1.29 is 0 Å². The number of rotatable bonds is 6.